The average molecular weight is 269 g/mol. The Bertz CT molecular complexity index is 495. The molecule has 0 radical (unpaired) electrons. The van der Waals surface area contributed by atoms with Gasteiger partial charge in [-0.3, -0.25) is 10.1 Å². The van der Waals surface area contributed by atoms with Crippen LogP contribution in [0.3, 0.4) is 0 Å². The summed E-state index contributed by atoms with van der Waals surface area (Å²) in [7, 11) is 0. The van der Waals surface area contributed by atoms with E-state index in [4.69, 9.17) is 0 Å². The SMILES string of the molecule is CCC(Nc1ncc([N+](=O)[O-])s1)c1cccs1. The van der Waals surface area contributed by atoms with Crippen LogP contribution in [0.2, 0.25) is 0 Å². The molecule has 0 fully saturated rings. The third-order valence-electron chi connectivity index (χ3n) is 2.27. The first-order valence-electron chi connectivity index (χ1n) is 5.11. The largest absolute Gasteiger partial charge is 0.354 e. The van der Waals surface area contributed by atoms with Gasteiger partial charge < -0.3 is 5.32 Å². The lowest BCUT2D eigenvalue weighted by Crippen LogP contribution is -2.07. The lowest BCUT2D eigenvalue weighted by atomic mass is 10.2. The Morgan fingerprint density at radius 2 is 2.47 bits per heavy atom. The summed E-state index contributed by atoms with van der Waals surface area (Å²) in [6.45, 7) is 2.07. The number of anilines is 1. The highest BCUT2D eigenvalue weighted by Crippen LogP contribution is 2.30. The Morgan fingerprint density at radius 1 is 1.65 bits per heavy atom. The second-order valence-electron chi connectivity index (χ2n) is 3.38. The van der Waals surface area contributed by atoms with Gasteiger partial charge in [-0.25, -0.2) is 4.98 Å². The number of nitro groups is 1. The number of thiophene rings is 1. The summed E-state index contributed by atoms with van der Waals surface area (Å²) < 4.78 is 0. The Balaban J connectivity index is 2.10. The van der Waals surface area contributed by atoms with Gasteiger partial charge in [0.05, 0.1) is 11.0 Å². The number of nitrogens with one attached hydrogen (secondary N) is 1. The maximum atomic E-state index is 10.5. The minimum Gasteiger partial charge on any atom is -0.354 e. The minimum absolute atomic E-state index is 0.0635. The fourth-order valence-electron chi connectivity index (χ4n) is 1.43. The van der Waals surface area contributed by atoms with Gasteiger partial charge in [-0.2, -0.15) is 0 Å². The highest BCUT2D eigenvalue weighted by molar-refractivity contribution is 7.18. The van der Waals surface area contributed by atoms with Crippen molar-refractivity contribution in [2.24, 2.45) is 0 Å². The van der Waals surface area contributed by atoms with Gasteiger partial charge in [0.1, 0.15) is 6.20 Å². The summed E-state index contributed by atoms with van der Waals surface area (Å²) in [5, 5.41) is 16.4. The zero-order chi connectivity index (χ0) is 12.3. The number of hydrogen-bond donors (Lipinski definition) is 1. The highest BCUT2D eigenvalue weighted by atomic mass is 32.1. The van der Waals surface area contributed by atoms with Crippen LogP contribution in [0, 0.1) is 10.1 Å². The Labute approximate surface area is 106 Å². The second kappa shape index (κ2) is 5.24. The van der Waals surface area contributed by atoms with Gasteiger partial charge in [0.15, 0.2) is 5.13 Å². The van der Waals surface area contributed by atoms with Gasteiger partial charge in [0, 0.05) is 4.88 Å². The molecule has 0 bridgehead atoms. The average Bonchev–Trinajstić information content (AvgIpc) is 2.96. The summed E-state index contributed by atoms with van der Waals surface area (Å²) in [6, 6.07) is 4.21. The second-order valence-corrected chi connectivity index (χ2v) is 5.37. The van der Waals surface area contributed by atoms with E-state index < -0.39 is 4.92 Å². The van der Waals surface area contributed by atoms with Gasteiger partial charge in [0.2, 0.25) is 0 Å². The smallest absolute Gasteiger partial charge is 0.345 e. The van der Waals surface area contributed by atoms with E-state index in [0.717, 1.165) is 17.8 Å². The summed E-state index contributed by atoms with van der Waals surface area (Å²) >= 11 is 2.73. The van der Waals surface area contributed by atoms with Crippen LogP contribution in [0.1, 0.15) is 24.3 Å². The molecule has 0 saturated heterocycles. The number of thiazole rings is 1. The number of nitrogens with zero attached hydrogens (tertiary/aromatic N) is 2. The fraction of sp³-hybridized carbons (Fsp3) is 0.300. The van der Waals surface area contributed by atoms with E-state index in [0.29, 0.717) is 5.13 Å². The predicted octanol–water partition coefficient (Wildman–Crippen LogP) is 3.68. The standard InChI is InChI=1S/C10H11N3O2S2/c1-2-7(8-4-3-5-16-8)12-10-11-6-9(17-10)13(14)15/h3-7H,2H2,1H3,(H,11,12). The lowest BCUT2D eigenvalue weighted by Gasteiger charge is -2.13. The summed E-state index contributed by atoms with van der Waals surface area (Å²) in [5.74, 6) is 0. The summed E-state index contributed by atoms with van der Waals surface area (Å²) in [4.78, 5) is 15.3. The molecule has 90 valence electrons. The van der Waals surface area contributed by atoms with E-state index in [2.05, 4.69) is 17.2 Å². The molecule has 0 aliphatic heterocycles. The zero-order valence-corrected chi connectivity index (χ0v) is 10.8. The van der Waals surface area contributed by atoms with Crippen LogP contribution in [-0.2, 0) is 0 Å². The Morgan fingerprint density at radius 3 is 3.00 bits per heavy atom. The van der Waals surface area contributed by atoms with Crippen LogP contribution in [0.25, 0.3) is 0 Å². The zero-order valence-electron chi connectivity index (χ0n) is 9.12. The van der Waals surface area contributed by atoms with E-state index in [-0.39, 0.29) is 11.0 Å². The molecule has 1 atom stereocenters. The van der Waals surface area contributed by atoms with E-state index in [1.165, 1.54) is 11.1 Å². The molecule has 5 nitrogen and oxygen atoms in total. The van der Waals surface area contributed by atoms with Crippen molar-refractivity contribution in [1.82, 2.24) is 4.98 Å². The molecule has 7 heteroatoms. The normalized spacial score (nSPS) is 12.3. The van der Waals surface area contributed by atoms with E-state index in [1.54, 1.807) is 11.3 Å². The van der Waals surface area contributed by atoms with Crippen molar-refractivity contribution in [1.29, 1.82) is 0 Å². The van der Waals surface area contributed by atoms with Crippen molar-refractivity contribution in [3.63, 3.8) is 0 Å². The first kappa shape index (κ1) is 12.0. The van der Waals surface area contributed by atoms with Crippen LogP contribution in [0.5, 0.6) is 0 Å². The molecule has 0 saturated carbocycles. The molecular weight excluding hydrogens is 258 g/mol. The molecule has 0 amide bonds. The van der Waals surface area contributed by atoms with E-state index in [9.17, 15) is 10.1 Å². The number of aromatic nitrogens is 1. The monoisotopic (exact) mass is 269 g/mol. The molecule has 0 aliphatic carbocycles. The third-order valence-corrected chi connectivity index (χ3v) is 4.13. The van der Waals surface area contributed by atoms with Crippen LogP contribution >= 0.6 is 22.7 Å². The summed E-state index contributed by atoms with van der Waals surface area (Å²) in [5.41, 5.74) is 0. The van der Waals surface area contributed by atoms with E-state index in [1.807, 2.05) is 17.5 Å². The molecule has 2 aromatic heterocycles. The first-order valence-corrected chi connectivity index (χ1v) is 6.80. The molecule has 17 heavy (non-hydrogen) atoms. The van der Waals surface area contributed by atoms with Gasteiger partial charge in [-0.15, -0.1) is 11.3 Å². The van der Waals surface area contributed by atoms with Gasteiger partial charge in [0.25, 0.3) is 0 Å². The van der Waals surface area contributed by atoms with Gasteiger partial charge in [-0.1, -0.05) is 13.0 Å². The Kier molecular flexibility index (Phi) is 3.70. The van der Waals surface area contributed by atoms with Crippen molar-refractivity contribution in [3.05, 3.63) is 38.7 Å². The predicted molar refractivity (Wildman–Crippen MR) is 69.7 cm³/mol. The first-order chi connectivity index (χ1) is 8.20. The van der Waals surface area contributed by atoms with Crippen molar-refractivity contribution in [2.75, 3.05) is 5.32 Å². The van der Waals surface area contributed by atoms with Gasteiger partial charge in [-0.05, 0) is 29.2 Å². The Hall–Kier alpha value is -1.47. The molecule has 0 aromatic carbocycles. The maximum absolute atomic E-state index is 10.5. The molecule has 2 aromatic rings. The fourth-order valence-corrected chi connectivity index (χ4v) is 2.98. The van der Waals surface area contributed by atoms with Crippen LogP contribution in [-0.4, -0.2) is 9.91 Å². The maximum Gasteiger partial charge on any atom is 0.345 e. The van der Waals surface area contributed by atoms with Crippen LogP contribution in [0.4, 0.5) is 10.1 Å². The molecule has 2 heterocycles. The van der Waals surface area contributed by atoms with Crippen molar-refractivity contribution in [2.45, 2.75) is 19.4 Å². The van der Waals surface area contributed by atoms with Crippen LogP contribution in [0.15, 0.2) is 23.7 Å². The molecule has 0 spiro atoms. The minimum atomic E-state index is -0.422. The molecule has 1 unspecified atom stereocenters. The van der Waals surface area contributed by atoms with E-state index >= 15 is 0 Å². The third kappa shape index (κ3) is 2.80. The van der Waals surface area contributed by atoms with Crippen molar-refractivity contribution in [3.8, 4) is 0 Å². The lowest BCUT2D eigenvalue weighted by molar-refractivity contribution is -0.380. The quantitative estimate of drug-likeness (QED) is 0.664. The molecular formula is C10H11N3O2S2. The number of hydrogen-bond acceptors (Lipinski definition) is 6. The molecule has 2 rings (SSSR count). The van der Waals surface area contributed by atoms with Gasteiger partial charge >= 0.3 is 5.00 Å². The van der Waals surface area contributed by atoms with Crippen LogP contribution < -0.4 is 5.32 Å². The van der Waals surface area contributed by atoms with Crippen molar-refractivity contribution < 1.29 is 4.92 Å². The highest BCUT2D eigenvalue weighted by Gasteiger charge is 2.15. The number of rotatable bonds is 5. The summed E-state index contributed by atoms with van der Waals surface area (Å²) in [6.07, 6.45) is 2.20. The molecule has 0 aliphatic rings. The topological polar surface area (TPSA) is 68.1 Å². The molecule has 1 N–H and O–H groups in total. The van der Waals surface area contributed by atoms with Crippen molar-refractivity contribution >= 4 is 32.8 Å².